The van der Waals surface area contributed by atoms with Gasteiger partial charge in [-0.15, -0.1) is 0 Å². The molecule has 5 heteroatoms. The Labute approximate surface area is 132 Å². The summed E-state index contributed by atoms with van der Waals surface area (Å²) in [6.07, 6.45) is 3.95. The van der Waals surface area contributed by atoms with Gasteiger partial charge in [0.15, 0.2) is 5.78 Å². The lowest BCUT2D eigenvalue weighted by Gasteiger charge is -2.26. The Bertz CT molecular complexity index is 468. The van der Waals surface area contributed by atoms with Gasteiger partial charge in [-0.25, -0.2) is 4.79 Å². The highest BCUT2D eigenvalue weighted by Gasteiger charge is 2.52. The highest BCUT2D eigenvalue weighted by molar-refractivity contribution is 5.95. The highest BCUT2D eigenvalue weighted by Crippen LogP contribution is 2.55. The number of Topliss-reactive ketones (excluding diaryl/α,β-unsaturated/α-hetero) is 1. The van der Waals surface area contributed by atoms with E-state index < -0.39 is 23.3 Å². The Balaban J connectivity index is 1.60. The molecule has 5 nitrogen and oxygen atoms in total. The second-order valence-corrected chi connectivity index (χ2v) is 8.41. The number of hydrogen-bond donors (Lipinski definition) is 1. The van der Waals surface area contributed by atoms with Gasteiger partial charge in [0.2, 0.25) is 0 Å². The normalized spacial score (nSPS) is 37.2. The largest absolute Gasteiger partial charge is 0.444 e. The summed E-state index contributed by atoms with van der Waals surface area (Å²) in [4.78, 5) is 24.7. The van der Waals surface area contributed by atoms with Crippen LogP contribution in [0, 0.1) is 17.8 Å². The molecule has 1 amide bonds. The molecule has 3 aliphatic rings. The lowest BCUT2D eigenvalue weighted by Crippen LogP contribution is -2.48. The van der Waals surface area contributed by atoms with Gasteiger partial charge in [-0.2, -0.15) is 0 Å². The summed E-state index contributed by atoms with van der Waals surface area (Å²) >= 11 is 0. The molecule has 0 aromatic carbocycles. The van der Waals surface area contributed by atoms with E-state index in [0.29, 0.717) is 18.9 Å². The predicted molar refractivity (Wildman–Crippen MR) is 81.5 cm³/mol. The molecule has 2 unspecified atom stereocenters. The van der Waals surface area contributed by atoms with Crippen LogP contribution in [0.5, 0.6) is 0 Å². The van der Waals surface area contributed by atoms with Crippen molar-refractivity contribution in [3.05, 3.63) is 0 Å². The number of nitrogens with one attached hydrogen (secondary N) is 1. The second kappa shape index (κ2) is 5.22. The number of ketones is 1. The summed E-state index contributed by atoms with van der Waals surface area (Å²) in [5.74, 6) is 2.26. The predicted octanol–water partition coefficient (Wildman–Crippen LogP) is 2.67. The fourth-order valence-electron chi connectivity index (χ4n) is 3.67. The van der Waals surface area contributed by atoms with Crippen LogP contribution in [0.2, 0.25) is 0 Å². The van der Waals surface area contributed by atoms with Crippen molar-refractivity contribution in [3.8, 4) is 0 Å². The number of epoxide rings is 1. The molecule has 22 heavy (non-hydrogen) atoms. The lowest BCUT2D eigenvalue weighted by molar-refractivity contribution is -0.126. The van der Waals surface area contributed by atoms with Gasteiger partial charge in [0.25, 0.3) is 0 Å². The molecule has 124 valence electrons. The number of carbonyl (C=O) groups excluding carboxylic acids is 2. The molecule has 1 saturated heterocycles. The van der Waals surface area contributed by atoms with Gasteiger partial charge in [0, 0.05) is 0 Å². The van der Waals surface area contributed by atoms with Crippen LogP contribution in [0.25, 0.3) is 0 Å². The van der Waals surface area contributed by atoms with Crippen molar-refractivity contribution in [2.75, 3.05) is 6.61 Å². The van der Waals surface area contributed by atoms with Crippen molar-refractivity contribution in [1.82, 2.24) is 5.32 Å². The Morgan fingerprint density at radius 2 is 1.86 bits per heavy atom. The number of alkyl carbamates (subject to hydrolysis) is 1. The first kappa shape index (κ1) is 15.8. The van der Waals surface area contributed by atoms with Crippen molar-refractivity contribution in [3.63, 3.8) is 0 Å². The zero-order chi connectivity index (χ0) is 16.1. The van der Waals surface area contributed by atoms with Crippen LogP contribution in [0.15, 0.2) is 0 Å². The van der Waals surface area contributed by atoms with E-state index in [0.717, 1.165) is 11.8 Å². The van der Waals surface area contributed by atoms with E-state index in [1.807, 2.05) is 20.8 Å². The summed E-state index contributed by atoms with van der Waals surface area (Å²) in [5.41, 5.74) is -1.27. The molecule has 3 rings (SSSR count). The van der Waals surface area contributed by atoms with Gasteiger partial charge < -0.3 is 14.8 Å². The Morgan fingerprint density at radius 3 is 2.36 bits per heavy atom. The maximum atomic E-state index is 12.6. The van der Waals surface area contributed by atoms with Crippen LogP contribution in [-0.4, -0.2) is 35.7 Å². The monoisotopic (exact) mass is 309 g/mol. The molecule has 0 aromatic rings. The van der Waals surface area contributed by atoms with Gasteiger partial charge in [-0.3, -0.25) is 4.79 Å². The molecule has 2 aliphatic carbocycles. The maximum Gasteiger partial charge on any atom is 0.408 e. The standard InChI is InChI=1S/C17H27NO4/c1-16(2,3)22-15(20)18-13(14(19)17(4)9-21-17)7-10-5-11-8-12(11)6-10/h10-13H,5-9H2,1-4H3,(H,18,20)/t10?,11-,12+,13-,17?/m0/s1. The molecule has 0 bridgehead atoms. The molecule has 3 fully saturated rings. The SMILES string of the molecule is CC(C)(C)OC(=O)N[C@@H](CC1C[C@@H]2C[C@@H]2C1)C(=O)C1(C)CO1. The van der Waals surface area contributed by atoms with Gasteiger partial charge in [0.1, 0.15) is 11.2 Å². The van der Waals surface area contributed by atoms with Crippen LogP contribution < -0.4 is 5.32 Å². The molecule has 0 spiro atoms. The van der Waals surface area contributed by atoms with Gasteiger partial charge >= 0.3 is 6.09 Å². The molecule has 1 aliphatic heterocycles. The average Bonchev–Trinajstić information content (AvgIpc) is 3.26. The molecule has 0 radical (unpaired) electrons. The zero-order valence-corrected chi connectivity index (χ0v) is 14.0. The van der Waals surface area contributed by atoms with Crippen molar-refractivity contribution >= 4 is 11.9 Å². The van der Waals surface area contributed by atoms with Crippen LogP contribution in [0.1, 0.15) is 53.4 Å². The minimum absolute atomic E-state index is 0.0149. The number of hydrogen-bond acceptors (Lipinski definition) is 4. The Kier molecular flexibility index (Phi) is 3.75. The van der Waals surface area contributed by atoms with Crippen LogP contribution in [0.4, 0.5) is 4.79 Å². The van der Waals surface area contributed by atoms with Crippen molar-refractivity contribution in [1.29, 1.82) is 0 Å². The summed E-state index contributed by atoms with van der Waals surface area (Å²) in [5, 5.41) is 2.79. The minimum atomic E-state index is -0.707. The maximum absolute atomic E-state index is 12.6. The smallest absolute Gasteiger partial charge is 0.408 e. The van der Waals surface area contributed by atoms with Crippen LogP contribution >= 0.6 is 0 Å². The van der Waals surface area contributed by atoms with E-state index in [4.69, 9.17) is 9.47 Å². The van der Waals surface area contributed by atoms with E-state index in [-0.39, 0.29) is 5.78 Å². The number of carbonyl (C=O) groups is 2. The molecule has 1 N–H and O–H groups in total. The first-order valence-corrected chi connectivity index (χ1v) is 8.34. The Morgan fingerprint density at radius 1 is 1.27 bits per heavy atom. The summed E-state index contributed by atoms with van der Waals surface area (Å²) in [6.45, 7) is 7.71. The van der Waals surface area contributed by atoms with Crippen molar-refractivity contribution in [2.45, 2.75) is 70.6 Å². The number of fused-ring (bicyclic) bond motifs is 1. The molecular formula is C17H27NO4. The second-order valence-electron chi connectivity index (χ2n) is 8.41. The summed E-state index contributed by atoms with van der Waals surface area (Å²) in [7, 11) is 0. The molecular weight excluding hydrogens is 282 g/mol. The summed E-state index contributed by atoms with van der Waals surface area (Å²) < 4.78 is 10.6. The first-order chi connectivity index (χ1) is 10.2. The molecule has 2 saturated carbocycles. The van der Waals surface area contributed by atoms with Gasteiger partial charge in [0.05, 0.1) is 12.6 Å². The number of amides is 1. The van der Waals surface area contributed by atoms with Crippen molar-refractivity contribution < 1.29 is 19.1 Å². The topological polar surface area (TPSA) is 67.9 Å². The Hall–Kier alpha value is -1.10. The van der Waals surface area contributed by atoms with E-state index >= 15 is 0 Å². The fourth-order valence-corrected chi connectivity index (χ4v) is 3.67. The van der Waals surface area contributed by atoms with Gasteiger partial charge in [-0.1, -0.05) is 0 Å². The van der Waals surface area contributed by atoms with E-state index in [1.165, 1.54) is 19.3 Å². The number of rotatable bonds is 5. The lowest BCUT2D eigenvalue weighted by atomic mass is 9.89. The third-order valence-corrected chi connectivity index (χ3v) is 5.02. The summed E-state index contributed by atoms with van der Waals surface area (Å²) in [6, 6.07) is -0.496. The molecule has 1 heterocycles. The fraction of sp³-hybridized carbons (Fsp3) is 0.882. The molecule has 5 atom stereocenters. The zero-order valence-electron chi connectivity index (χ0n) is 14.0. The van der Waals surface area contributed by atoms with Gasteiger partial charge in [-0.05, 0) is 71.1 Å². The number of ether oxygens (including phenoxy) is 2. The molecule has 0 aromatic heterocycles. The highest BCUT2D eigenvalue weighted by atomic mass is 16.6. The van der Waals surface area contributed by atoms with E-state index in [9.17, 15) is 9.59 Å². The quantitative estimate of drug-likeness (QED) is 0.793. The van der Waals surface area contributed by atoms with Crippen LogP contribution in [-0.2, 0) is 14.3 Å². The average molecular weight is 309 g/mol. The van der Waals surface area contributed by atoms with Crippen LogP contribution in [0.3, 0.4) is 0 Å². The first-order valence-electron chi connectivity index (χ1n) is 8.34. The minimum Gasteiger partial charge on any atom is -0.444 e. The third-order valence-electron chi connectivity index (χ3n) is 5.02. The third kappa shape index (κ3) is 3.62. The van der Waals surface area contributed by atoms with E-state index in [2.05, 4.69) is 5.32 Å². The van der Waals surface area contributed by atoms with Crippen molar-refractivity contribution in [2.24, 2.45) is 17.8 Å². The van der Waals surface area contributed by atoms with E-state index in [1.54, 1.807) is 6.92 Å².